The molecule has 0 bridgehead atoms. The molecule has 1 unspecified atom stereocenters. The van der Waals surface area contributed by atoms with E-state index in [1.165, 1.54) is 7.11 Å². The zero-order valence-electron chi connectivity index (χ0n) is 11.6. The summed E-state index contributed by atoms with van der Waals surface area (Å²) in [6.07, 6.45) is 0. The van der Waals surface area contributed by atoms with Crippen LogP contribution in [-0.2, 0) is 9.53 Å². The van der Waals surface area contributed by atoms with Gasteiger partial charge >= 0.3 is 5.97 Å². The molecular weight excluding hydrogens is 230 g/mol. The Labute approximate surface area is 108 Å². The van der Waals surface area contributed by atoms with Crippen LogP contribution < -0.4 is 10.1 Å². The van der Waals surface area contributed by atoms with Crippen molar-refractivity contribution in [3.8, 4) is 5.75 Å². The normalized spacial score (nSPS) is 12.9. The summed E-state index contributed by atoms with van der Waals surface area (Å²) < 4.78 is 9.95. The maximum Gasteiger partial charge on any atom is 0.325 e. The molecule has 18 heavy (non-hydrogen) atoms. The summed E-state index contributed by atoms with van der Waals surface area (Å²) in [5.74, 6) is 0.522. The Hall–Kier alpha value is -1.55. The summed E-state index contributed by atoms with van der Waals surface area (Å²) in [4.78, 5) is 11.6. The summed E-state index contributed by atoms with van der Waals surface area (Å²) in [6.45, 7) is 5.60. The molecule has 4 heteroatoms. The third-order valence-electron chi connectivity index (χ3n) is 2.87. The SMILES string of the molecule is COC(=O)C(C)(C)NC(C)c1cccc(OC)c1. The minimum atomic E-state index is -0.725. The molecule has 0 aliphatic carbocycles. The molecular formula is C14H21NO3. The number of carbonyl (C=O) groups excluding carboxylic acids is 1. The lowest BCUT2D eigenvalue weighted by Crippen LogP contribution is -2.48. The smallest absolute Gasteiger partial charge is 0.325 e. The van der Waals surface area contributed by atoms with Crippen molar-refractivity contribution in [1.29, 1.82) is 0 Å². The highest BCUT2D eigenvalue weighted by Crippen LogP contribution is 2.21. The Balaban J connectivity index is 2.81. The van der Waals surface area contributed by atoms with Crippen molar-refractivity contribution in [2.75, 3.05) is 14.2 Å². The molecule has 0 spiro atoms. The number of ether oxygens (including phenoxy) is 2. The third-order valence-corrected chi connectivity index (χ3v) is 2.87. The van der Waals surface area contributed by atoms with Gasteiger partial charge in [0.25, 0.3) is 0 Å². The van der Waals surface area contributed by atoms with Crippen LogP contribution >= 0.6 is 0 Å². The second-order valence-electron chi connectivity index (χ2n) is 4.76. The molecule has 0 aliphatic heterocycles. The van der Waals surface area contributed by atoms with Gasteiger partial charge in [0.15, 0.2) is 0 Å². The van der Waals surface area contributed by atoms with Crippen molar-refractivity contribution in [3.63, 3.8) is 0 Å². The monoisotopic (exact) mass is 251 g/mol. The molecule has 1 atom stereocenters. The van der Waals surface area contributed by atoms with Gasteiger partial charge in [0.2, 0.25) is 0 Å². The first-order valence-corrected chi connectivity index (χ1v) is 5.90. The van der Waals surface area contributed by atoms with Crippen molar-refractivity contribution in [2.24, 2.45) is 0 Å². The van der Waals surface area contributed by atoms with E-state index in [2.05, 4.69) is 5.32 Å². The highest BCUT2D eigenvalue weighted by atomic mass is 16.5. The van der Waals surface area contributed by atoms with Crippen LogP contribution in [0.5, 0.6) is 5.75 Å². The number of nitrogens with one attached hydrogen (secondary N) is 1. The van der Waals surface area contributed by atoms with Crippen molar-refractivity contribution < 1.29 is 14.3 Å². The van der Waals surface area contributed by atoms with Gasteiger partial charge in [-0.05, 0) is 38.5 Å². The van der Waals surface area contributed by atoms with E-state index >= 15 is 0 Å². The second kappa shape index (κ2) is 5.87. The van der Waals surface area contributed by atoms with E-state index < -0.39 is 5.54 Å². The lowest BCUT2D eigenvalue weighted by Gasteiger charge is -2.27. The van der Waals surface area contributed by atoms with E-state index in [1.54, 1.807) is 21.0 Å². The van der Waals surface area contributed by atoms with Crippen LogP contribution in [0.4, 0.5) is 0 Å². The third kappa shape index (κ3) is 3.47. The average molecular weight is 251 g/mol. The Morgan fingerprint density at radius 1 is 1.33 bits per heavy atom. The van der Waals surface area contributed by atoms with Crippen LogP contribution in [0.3, 0.4) is 0 Å². The molecule has 0 heterocycles. The molecule has 0 saturated carbocycles. The van der Waals surface area contributed by atoms with Gasteiger partial charge in [0.1, 0.15) is 11.3 Å². The predicted molar refractivity (Wildman–Crippen MR) is 70.6 cm³/mol. The van der Waals surface area contributed by atoms with Crippen LogP contribution in [0.15, 0.2) is 24.3 Å². The number of carbonyl (C=O) groups is 1. The number of esters is 1. The summed E-state index contributed by atoms with van der Waals surface area (Å²) in [6, 6.07) is 7.78. The fourth-order valence-corrected chi connectivity index (χ4v) is 1.85. The lowest BCUT2D eigenvalue weighted by molar-refractivity contribution is -0.147. The number of rotatable bonds is 5. The van der Waals surface area contributed by atoms with Crippen LogP contribution in [0.1, 0.15) is 32.4 Å². The van der Waals surface area contributed by atoms with E-state index in [-0.39, 0.29) is 12.0 Å². The first-order valence-electron chi connectivity index (χ1n) is 5.90. The summed E-state index contributed by atoms with van der Waals surface area (Å²) in [7, 11) is 3.03. The predicted octanol–water partition coefficient (Wildman–Crippen LogP) is 2.30. The second-order valence-corrected chi connectivity index (χ2v) is 4.76. The molecule has 100 valence electrons. The van der Waals surface area contributed by atoms with Gasteiger partial charge in [0.05, 0.1) is 14.2 Å². The zero-order valence-corrected chi connectivity index (χ0v) is 11.6. The van der Waals surface area contributed by atoms with Crippen LogP contribution in [0.2, 0.25) is 0 Å². The van der Waals surface area contributed by atoms with Crippen molar-refractivity contribution in [2.45, 2.75) is 32.4 Å². The minimum absolute atomic E-state index is 0.0224. The topological polar surface area (TPSA) is 47.6 Å². The molecule has 0 saturated heterocycles. The fourth-order valence-electron chi connectivity index (χ4n) is 1.85. The average Bonchev–Trinajstić information content (AvgIpc) is 2.37. The highest BCUT2D eigenvalue weighted by molar-refractivity contribution is 5.79. The largest absolute Gasteiger partial charge is 0.497 e. The van der Waals surface area contributed by atoms with Gasteiger partial charge in [-0.2, -0.15) is 0 Å². The number of hydrogen-bond donors (Lipinski definition) is 1. The van der Waals surface area contributed by atoms with Crippen molar-refractivity contribution in [1.82, 2.24) is 5.32 Å². The van der Waals surface area contributed by atoms with Gasteiger partial charge in [-0.25, -0.2) is 0 Å². The zero-order chi connectivity index (χ0) is 13.8. The summed E-state index contributed by atoms with van der Waals surface area (Å²) >= 11 is 0. The molecule has 1 aromatic carbocycles. The quantitative estimate of drug-likeness (QED) is 0.816. The number of benzene rings is 1. The van der Waals surface area contributed by atoms with Crippen LogP contribution in [-0.4, -0.2) is 25.7 Å². The van der Waals surface area contributed by atoms with Crippen molar-refractivity contribution >= 4 is 5.97 Å². The molecule has 4 nitrogen and oxygen atoms in total. The minimum Gasteiger partial charge on any atom is -0.497 e. The fraction of sp³-hybridized carbons (Fsp3) is 0.500. The molecule has 0 fully saturated rings. The molecule has 0 amide bonds. The lowest BCUT2D eigenvalue weighted by atomic mass is 10.0. The van der Waals surface area contributed by atoms with Crippen LogP contribution in [0.25, 0.3) is 0 Å². The first kappa shape index (κ1) is 14.5. The van der Waals surface area contributed by atoms with Gasteiger partial charge in [-0.3, -0.25) is 10.1 Å². The molecule has 1 rings (SSSR count). The van der Waals surface area contributed by atoms with E-state index in [9.17, 15) is 4.79 Å². The Kier molecular flexibility index (Phi) is 4.73. The standard InChI is InChI=1S/C14H21NO3/c1-10(15-14(2,3)13(16)18-5)11-7-6-8-12(9-11)17-4/h6-10,15H,1-5H3. The van der Waals surface area contributed by atoms with Crippen molar-refractivity contribution in [3.05, 3.63) is 29.8 Å². The summed E-state index contributed by atoms with van der Waals surface area (Å²) in [5.41, 5.74) is 0.336. The first-order chi connectivity index (χ1) is 8.40. The molecule has 1 N–H and O–H groups in total. The van der Waals surface area contributed by atoms with E-state index in [0.29, 0.717) is 0 Å². The van der Waals surface area contributed by atoms with Gasteiger partial charge in [-0.1, -0.05) is 12.1 Å². The molecule has 0 aromatic heterocycles. The van der Waals surface area contributed by atoms with Crippen LogP contribution in [0, 0.1) is 0 Å². The Morgan fingerprint density at radius 3 is 2.56 bits per heavy atom. The molecule has 0 radical (unpaired) electrons. The van der Waals surface area contributed by atoms with E-state index in [4.69, 9.17) is 9.47 Å². The van der Waals surface area contributed by atoms with E-state index in [1.807, 2.05) is 31.2 Å². The maximum atomic E-state index is 11.6. The highest BCUT2D eigenvalue weighted by Gasteiger charge is 2.30. The van der Waals surface area contributed by atoms with E-state index in [0.717, 1.165) is 11.3 Å². The Morgan fingerprint density at radius 2 is 2.00 bits per heavy atom. The summed E-state index contributed by atoms with van der Waals surface area (Å²) in [5, 5.41) is 3.24. The van der Waals surface area contributed by atoms with Gasteiger partial charge in [-0.15, -0.1) is 0 Å². The Bertz CT molecular complexity index is 415. The number of methoxy groups -OCH3 is 2. The molecule has 1 aromatic rings. The van der Waals surface area contributed by atoms with Gasteiger partial charge < -0.3 is 9.47 Å². The van der Waals surface area contributed by atoms with Gasteiger partial charge in [0, 0.05) is 6.04 Å². The molecule has 0 aliphatic rings. The number of hydrogen-bond acceptors (Lipinski definition) is 4. The maximum absolute atomic E-state index is 11.6.